The maximum Gasteiger partial charge on any atom is 0.234 e. The molecule has 0 spiro atoms. The smallest absolute Gasteiger partial charge is 0.234 e. The van der Waals surface area contributed by atoms with E-state index < -0.39 is 0 Å². The van der Waals surface area contributed by atoms with Crippen molar-refractivity contribution < 1.29 is 4.79 Å². The van der Waals surface area contributed by atoms with Gasteiger partial charge < -0.3 is 5.32 Å². The standard InChI is InChI=1S/C18H26N4O/c1-13-6-8-16(9-7-13)10-21(4)12-18(23)19-14(2)17-11-22(5)20-15(17)3/h6-9,11,14H,10,12H2,1-5H3,(H,19,23)/t14-/m0/s1. The Morgan fingerprint density at radius 2 is 1.96 bits per heavy atom. The van der Waals surface area contributed by atoms with Crippen LogP contribution in [0, 0.1) is 13.8 Å². The van der Waals surface area contributed by atoms with Crippen molar-refractivity contribution in [1.82, 2.24) is 20.0 Å². The van der Waals surface area contributed by atoms with E-state index in [-0.39, 0.29) is 11.9 Å². The molecule has 0 radical (unpaired) electrons. The van der Waals surface area contributed by atoms with Crippen LogP contribution in [-0.4, -0.2) is 34.2 Å². The van der Waals surface area contributed by atoms with E-state index >= 15 is 0 Å². The van der Waals surface area contributed by atoms with Crippen LogP contribution in [0.3, 0.4) is 0 Å². The van der Waals surface area contributed by atoms with Crippen molar-refractivity contribution in [3.05, 3.63) is 52.8 Å². The van der Waals surface area contributed by atoms with Crippen molar-refractivity contribution in [2.75, 3.05) is 13.6 Å². The predicted molar refractivity (Wildman–Crippen MR) is 92.0 cm³/mol. The Bertz CT molecular complexity index is 660. The lowest BCUT2D eigenvalue weighted by atomic mass is 10.1. The highest BCUT2D eigenvalue weighted by Gasteiger charge is 2.15. The van der Waals surface area contributed by atoms with Crippen LogP contribution < -0.4 is 5.32 Å². The van der Waals surface area contributed by atoms with Crippen LogP contribution in [0.15, 0.2) is 30.5 Å². The second kappa shape index (κ2) is 7.42. The molecule has 1 aromatic carbocycles. The Balaban J connectivity index is 1.86. The van der Waals surface area contributed by atoms with Gasteiger partial charge in [-0.05, 0) is 33.4 Å². The van der Waals surface area contributed by atoms with Crippen molar-refractivity contribution in [3.8, 4) is 0 Å². The molecule has 1 atom stereocenters. The van der Waals surface area contributed by atoms with E-state index in [9.17, 15) is 4.79 Å². The summed E-state index contributed by atoms with van der Waals surface area (Å²) >= 11 is 0. The van der Waals surface area contributed by atoms with Crippen molar-refractivity contribution in [1.29, 1.82) is 0 Å². The maximum atomic E-state index is 12.2. The Morgan fingerprint density at radius 1 is 1.30 bits per heavy atom. The van der Waals surface area contributed by atoms with Crippen molar-refractivity contribution in [2.24, 2.45) is 7.05 Å². The second-order valence-electron chi connectivity index (χ2n) is 6.29. The normalized spacial score (nSPS) is 12.4. The Labute approximate surface area is 138 Å². The van der Waals surface area contributed by atoms with Gasteiger partial charge in [-0.3, -0.25) is 14.4 Å². The molecular formula is C18H26N4O. The average molecular weight is 314 g/mol. The van der Waals surface area contributed by atoms with Gasteiger partial charge in [0.25, 0.3) is 0 Å². The van der Waals surface area contributed by atoms with E-state index in [1.165, 1.54) is 11.1 Å². The highest BCUT2D eigenvalue weighted by atomic mass is 16.2. The van der Waals surface area contributed by atoms with Gasteiger partial charge in [-0.15, -0.1) is 0 Å². The lowest BCUT2D eigenvalue weighted by Gasteiger charge is -2.19. The van der Waals surface area contributed by atoms with Crippen LogP contribution in [0.2, 0.25) is 0 Å². The number of benzene rings is 1. The summed E-state index contributed by atoms with van der Waals surface area (Å²) in [4.78, 5) is 14.2. The summed E-state index contributed by atoms with van der Waals surface area (Å²) in [5, 5.41) is 7.36. The molecule has 0 saturated heterocycles. The monoisotopic (exact) mass is 314 g/mol. The van der Waals surface area contributed by atoms with E-state index in [1.54, 1.807) is 4.68 Å². The van der Waals surface area contributed by atoms with Crippen LogP contribution in [-0.2, 0) is 18.4 Å². The third kappa shape index (κ3) is 4.93. The molecule has 0 aliphatic heterocycles. The van der Waals surface area contributed by atoms with E-state index in [1.807, 2.05) is 39.0 Å². The van der Waals surface area contributed by atoms with Gasteiger partial charge >= 0.3 is 0 Å². The summed E-state index contributed by atoms with van der Waals surface area (Å²) in [6.45, 7) is 7.15. The largest absolute Gasteiger partial charge is 0.348 e. The zero-order valence-corrected chi connectivity index (χ0v) is 14.6. The molecule has 0 unspecified atom stereocenters. The topological polar surface area (TPSA) is 50.2 Å². The van der Waals surface area contributed by atoms with Gasteiger partial charge in [0.15, 0.2) is 0 Å². The molecule has 1 N–H and O–H groups in total. The molecule has 5 heteroatoms. The van der Waals surface area contributed by atoms with Crippen LogP contribution >= 0.6 is 0 Å². The molecule has 1 amide bonds. The van der Waals surface area contributed by atoms with Gasteiger partial charge in [0.2, 0.25) is 5.91 Å². The highest BCUT2D eigenvalue weighted by Crippen LogP contribution is 2.15. The molecule has 0 aliphatic carbocycles. The molecule has 5 nitrogen and oxygen atoms in total. The summed E-state index contributed by atoms with van der Waals surface area (Å²) < 4.78 is 1.77. The zero-order chi connectivity index (χ0) is 17.0. The van der Waals surface area contributed by atoms with Gasteiger partial charge in [0.1, 0.15) is 0 Å². The third-order valence-electron chi connectivity index (χ3n) is 3.88. The molecule has 124 valence electrons. The number of nitrogens with zero attached hydrogens (tertiary/aromatic N) is 3. The number of hydrogen-bond donors (Lipinski definition) is 1. The van der Waals surface area contributed by atoms with Crippen LogP contribution in [0.1, 0.15) is 35.3 Å². The number of carbonyl (C=O) groups excluding carboxylic acids is 1. The van der Waals surface area contributed by atoms with Crippen molar-refractivity contribution >= 4 is 5.91 Å². The first-order valence-corrected chi connectivity index (χ1v) is 7.88. The van der Waals surface area contributed by atoms with Gasteiger partial charge in [-0.25, -0.2) is 0 Å². The summed E-state index contributed by atoms with van der Waals surface area (Å²) in [5.74, 6) is 0.0235. The van der Waals surface area contributed by atoms with Gasteiger partial charge in [0.05, 0.1) is 18.3 Å². The Kier molecular flexibility index (Phi) is 5.55. The van der Waals surface area contributed by atoms with E-state index in [2.05, 4.69) is 41.6 Å². The fraction of sp³-hybridized carbons (Fsp3) is 0.444. The molecule has 0 bridgehead atoms. The average Bonchev–Trinajstić information content (AvgIpc) is 2.80. The van der Waals surface area contributed by atoms with Gasteiger partial charge in [0, 0.05) is 25.4 Å². The predicted octanol–water partition coefficient (Wildman–Crippen LogP) is 2.35. The summed E-state index contributed by atoms with van der Waals surface area (Å²) in [7, 11) is 3.85. The van der Waals surface area contributed by atoms with Gasteiger partial charge in [-0.1, -0.05) is 29.8 Å². The number of hydrogen-bond acceptors (Lipinski definition) is 3. The highest BCUT2D eigenvalue weighted by molar-refractivity contribution is 5.78. The SMILES string of the molecule is Cc1ccc(CN(C)CC(=O)N[C@@H](C)c2cn(C)nc2C)cc1. The summed E-state index contributed by atoms with van der Waals surface area (Å²) in [6, 6.07) is 8.35. The first-order valence-electron chi connectivity index (χ1n) is 7.88. The molecule has 23 heavy (non-hydrogen) atoms. The number of carbonyl (C=O) groups is 1. The fourth-order valence-electron chi connectivity index (χ4n) is 2.71. The van der Waals surface area contributed by atoms with Crippen LogP contribution in [0.25, 0.3) is 0 Å². The number of aromatic nitrogens is 2. The number of likely N-dealkylation sites (N-methyl/N-ethyl adjacent to an activating group) is 1. The lowest BCUT2D eigenvalue weighted by Crippen LogP contribution is -2.36. The molecule has 1 heterocycles. The number of rotatable bonds is 6. The van der Waals surface area contributed by atoms with Gasteiger partial charge in [-0.2, -0.15) is 5.10 Å². The first kappa shape index (κ1) is 17.2. The van der Waals surface area contributed by atoms with E-state index in [0.29, 0.717) is 6.54 Å². The summed E-state index contributed by atoms with van der Waals surface area (Å²) in [5.41, 5.74) is 4.47. The molecule has 0 saturated carbocycles. The van der Waals surface area contributed by atoms with E-state index in [4.69, 9.17) is 0 Å². The first-order chi connectivity index (χ1) is 10.8. The molecule has 2 aromatic rings. The minimum Gasteiger partial charge on any atom is -0.348 e. The van der Waals surface area contributed by atoms with Crippen molar-refractivity contribution in [2.45, 2.75) is 33.4 Å². The number of aryl methyl sites for hydroxylation is 3. The number of nitrogens with one attached hydrogen (secondary N) is 1. The fourth-order valence-corrected chi connectivity index (χ4v) is 2.71. The summed E-state index contributed by atoms with van der Waals surface area (Å²) in [6.07, 6.45) is 1.95. The Hall–Kier alpha value is -2.14. The zero-order valence-electron chi connectivity index (χ0n) is 14.6. The maximum absolute atomic E-state index is 12.2. The minimum atomic E-state index is -0.0380. The molecule has 0 fully saturated rings. The number of amides is 1. The molecular weight excluding hydrogens is 288 g/mol. The van der Waals surface area contributed by atoms with Crippen molar-refractivity contribution in [3.63, 3.8) is 0 Å². The molecule has 1 aromatic heterocycles. The van der Waals surface area contributed by atoms with Crippen LogP contribution in [0.5, 0.6) is 0 Å². The molecule has 2 rings (SSSR count). The minimum absolute atomic E-state index is 0.0235. The van der Waals surface area contributed by atoms with E-state index in [0.717, 1.165) is 17.8 Å². The molecule has 0 aliphatic rings. The third-order valence-corrected chi connectivity index (χ3v) is 3.88. The lowest BCUT2D eigenvalue weighted by molar-refractivity contribution is -0.122. The second-order valence-corrected chi connectivity index (χ2v) is 6.29. The van der Waals surface area contributed by atoms with Crippen LogP contribution in [0.4, 0.5) is 0 Å². The quantitative estimate of drug-likeness (QED) is 0.890. The Morgan fingerprint density at radius 3 is 2.52 bits per heavy atom.